The van der Waals surface area contributed by atoms with Crippen LogP contribution in [0.5, 0.6) is 0 Å². The van der Waals surface area contributed by atoms with Gasteiger partial charge in [0.15, 0.2) is 0 Å². The monoisotopic (exact) mass is 246 g/mol. The van der Waals surface area contributed by atoms with Crippen LogP contribution in [-0.4, -0.2) is 23.8 Å². The molecule has 18 heavy (non-hydrogen) atoms. The molecule has 2 N–H and O–H groups in total. The summed E-state index contributed by atoms with van der Waals surface area (Å²) in [6.07, 6.45) is 0.867. The Kier molecular flexibility index (Phi) is 3.72. The first-order valence-corrected chi connectivity index (χ1v) is 5.82. The Morgan fingerprint density at radius 2 is 2.00 bits per heavy atom. The molecule has 1 aliphatic rings. The lowest BCUT2D eigenvalue weighted by atomic mass is 10.1. The number of amides is 3. The van der Waals surface area contributed by atoms with Gasteiger partial charge in [-0.15, -0.1) is 0 Å². The highest BCUT2D eigenvalue weighted by Gasteiger charge is 2.27. The van der Waals surface area contributed by atoms with E-state index in [2.05, 4.69) is 10.6 Å². The summed E-state index contributed by atoms with van der Waals surface area (Å²) in [6, 6.07) is 8.69. The standard InChI is InChI=1S/C13H14N2O3/c16-11-7-6-10(13(18)15-11)14-12(17)8-9-4-2-1-3-5-9/h1-5,10H,6-8H2,(H,14,17)(H,15,16,18)/t10-/m0/s1. The number of nitrogens with one attached hydrogen (secondary N) is 2. The van der Waals surface area contributed by atoms with Gasteiger partial charge >= 0.3 is 0 Å². The Hall–Kier alpha value is -2.17. The van der Waals surface area contributed by atoms with Crippen LogP contribution in [0.1, 0.15) is 18.4 Å². The third-order valence-corrected chi connectivity index (χ3v) is 2.78. The molecule has 0 saturated carbocycles. The average molecular weight is 246 g/mol. The first kappa shape index (κ1) is 12.3. The Labute approximate surface area is 105 Å². The normalized spacial score (nSPS) is 19.2. The zero-order valence-corrected chi connectivity index (χ0v) is 9.81. The van der Waals surface area contributed by atoms with Crippen molar-refractivity contribution in [3.8, 4) is 0 Å². The summed E-state index contributed by atoms with van der Waals surface area (Å²) < 4.78 is 0. The van der Waals surface area contributed by atoms with Crippen LogP contribution in [-0.2, 0) is 20.8 Å². The number of piperidine rings is 1. The van der Waals surface area contributed by atoms with E-state index in [4.69, 9.17) is 0 Å². The lowest BCUT2D eigenvalue weighted by Crippen LogP contribution is -2.52. The van der Waals surface area contributed by atoms with E-state index in [-0.39, 0.29) is 24.7 Å². The van der Waals surface area contributed by atoms with E-state index in [1.807, 2.05) is 30.3 Å². The number of carbonyl (C=O) groups excluding carboxylic acids is 3. The number of hydrogen-bond acceptors (Lipinski definition) is 3. The van der Waals surface area contributed by atoms with Crippen molar-refractivity contribution in [2.75, 3.05) is 0 Å². The smallest absolute Gasteiger partial charge is 0.249 e. The molecule has 1 fully saturated rings. The quantitative estimate of drug-likeness (QED) is 0.745. The Balaban J connectivity index is 1.88. The molecular weight excluding hydrogens is 232 g/mol. The molecule has 0 bridgehead atoms. The van der Waals surface area contributed by atoms with Crippen molar-refractivity contribution < 1.29 is 14.4 Å². The van der Waals surface area contributed by atoms with Crippen molar-refractivity contribution in [2.45, 2.75) is 25.3 Å². The summed E-state index contributed by atoms with van der Waals surface area (Å²) in [6.45, 7) is 0. The predicted molar refractivity (Wildman–Crippen MR) is 64.5 cm³/mol. The fourth-order valence-electron chi connectivity index (χ4n) is 1.86. The molecule has 0 aliphatic carbocycles. The van der Waals surface area contributed by atoms with E-state index >= 15 is 0 Å². The van der Waals surface area contributed by atoms with Gasteiger partial charge in [0.2, 0.25) is 17.7 Å². The van der Waals surface area contributed by atoms with Gasteiger partial charge in [0.25, 0.3) is 0 Å². The summed E-state index contributed by atoms with van der Waals surface area (Å²) in [7, 11) is 0. The van der Waals surface area contributed by atoms with E-state index in [9.17, 15) is 14.4 Å². The maximum Gasteiger partial charge on any atom is 0.249 e. The molecule has 5 nitrogen and oxygen atoms in total. The molecule has 2 rings (SSSR count). The van der Waals surface area contributed by atoms with Gasteiger partial charge in [-0.1, -0.05) is 30.3 Å². The SMILES string of the molecule is O=C1CC[C@H](NC(=O)Cc2ccccc2)C(=O)N1. The highest BCUT2D eigenvalue weighted by molar-refractivity contribution is 6.01. The number of rotatable bonds is 3. The van der Waals surface area contributed by atoms with E-state index < -0.39 is 11.9 Å². The Morgan fingerprint density at radius 3 is 2.67 bits per heavy atom. The molecule has 0 aromatic heterocycles. The zero-order chi connectivity index (χ0) is 13.0. The van der Waals surface area contributed by atoms with Gasteiger partial charge in [-0.05, 0) is 12.0 Å². The maximum absolute atomic E-state index is 11.7. The molecule has 5 heteroatoms. The maximum atomic E-state index is 11.7. The summed E-state index contributed by atoms with van der Waals surface area (Å²) in [5.41, 5.74) is 0.891. The number of carbonyl (C=O) groups is 3. The zero-order valence-electron chi connectivity index (χ0n) is 9.81. The summed E-state index contributed by atoms with van der Waals surface area (Å²) in [4.78, 5) is 34.1. The fourth-order valence-corrected chi connectivity index (χ4v) is 1.86. The lowest BCUT2D eigenvalue weighted by molar-refractivity contribution is -0.137. The second-order valence-corrected chi connectivity index (χ2v) is 4.23. The van der Waals surface area contributed by atoms with Gasteiger partial charge < -0.3 is 5.32 Å². The van der Waals surface area contributed by atoms with Gasteiger partial charge in [0, 0.05) is 6.42 Å². The topological polar surface area (TPSA) is 75.3 Å². The van der Waals surface area contributed by atoms with Crippen LogP contribution in [0.15, 0.2) is 30.3 Å². The predicted octanol–water partition coefficient (Wildman–Crippen LogP) is 0.150. The van der Waals surface area contributed by atoms with Crippen LogP contribution in [0.2, 0.25) is 0 Å². The second-order valence-electron chi connectivity index (χ2n) is 4.23. The molecule has 0 unspecified atom stereocenters. The van der Waals surface area contributed by atoms with Crippen molar-refractivity contribution in [1.82, 2.24) is 10.6 Å². The molecule has 0 radical (unpaired) electrons. The summed E-state index contributed by atoms with van der Waals surface area (Å²) in [5.74, 6) is -0.920. The van der Waals surface area contributed by atoms with Crippen LogP contribution in [0.3, 0.4) is 0 Å². The van der Waals surface area contributed by atoms with Crippen molar-refractivity contribution in [1.29, 1.82) is 0 Å². The Bertz CT molecular complexity index is 470. The van der Waals surface area contributed by atoms with E-state index in [1.54, 1.807) is 0 Å². The third kappa shape index (κ3) is 3.16. The molecule has 94 valence electrons. The van der Waals surface area contributed by atoms with Crippen LogP contribution in [0.4, 0.5) is 0 Å². The highest BCUT2D eigenvalue weighted by atomic mass is 16.2. The van der Waals surface area contributed by atoms with Crippen LogP contribution in [0.25, 0.3) is 0 Å². The third-order valence-electron chi connectivity index (χ3n) is 2.78. The minimum absolute atomic E-state index is 0.212. The van der Waals surface area contributed by atoms with E-state index in [0.29, 0.717) is 6.42 Å². The largest absolute Gasteiger partial charge is 0.344 e. The van der Waals surface area contributed by atoms with Gasteiger partial charge in [0.05, 0.1) is 6.42 Å². The molecule has 0 spiro atoms. The van der Waals surface area contributed by atoms with E-state index in [0.717, 1.165) is 5.56 Å². The fraction of sp³-hybridized carbons (Fsp3) is 0.308. The first-order valence-electron chi connectivity index (χ1n) is 5.82. The van der Waals surface area contributed by atoms with Crippen molar-refractivity contribution in [2.24, 2.45) is 0 Å². The van der Waals surface area contributed by atoms with Gasteiger partial charge in [-0.2, -0.15) is 0 Å². The Morgan fingerprint density at radius 1 is 1.28 bits per heavy atom. The van der Waals surface area contributed by atoms with Crippen molar-refractivity contribution in [3.63, 3.8) is 0 Å². The summed E-state index contributed by atoms with van der Waals surface area (Å²) in [5, 5.41) is 4.84. The minimum Gasteiger partial charge on any atom is -0.344 e. The van der Waals surface area contributed by atoms with Crippen molar-refractivity contribution in [3.05, 3.63) is 35.9 Å². The van der Waals surface area contributed by atoms with Gasteiger partial charge in [-0.25, -0.2) is 0 Å². The number of benzene rings is 1. The lowest BCUT2D eigenvalue weighted by Gasteiger charge is -2.21. The molecule has 1 aromatic rings. The first-order chi connectivity index (χ1) is 8.65. The number of hydrogen-bond donors (Lipinski definition) is 2. The molecule has 1 atom stereocenters. The minimum atomic E-state index is -0.598. The number of imide groups is 1. The molecule has 3 amide bonds. The van der Waals surface area contributed by atoms with Gasteiger partial charge in [0.1, 0.15) is 6.04 Å². The average Bonchev–Trinajstić information content (AvgIpc) is 2.34. The molecule has 1 aliphatic heterocycles. The highest BCUT2D eigenvalue weighted by Crippen LogP contribution is 2.05. The molecular formula is C13H14N2O3. The van der Waals surface area contributed by atoms with Crippen molar-refractivity contribution >= 4 is 17.7 Å². The molecule has 1 heterocycles. The second kappa shape index (κ2) is 5.44. The molecule has 1 saturated heterocycles. The summed E-state index contributed by atoms with van der Waals surface area (Å²) >= 11 is 0. The van der Waals surface area contributed by atoms with Gasteiger partial charge in [-0.3, -0.25) is 19.7 Å². The van der Waals surface area contributed by atoms with Crippen LogP contribution in [0, 0.1) is 0 Å². The van der Waals surface area contributed by atoms with Crippen LogP contribution >= 0.6 is 0 Å². The van der Waals surface area contributed by atoms with E-state index in [1.165, 1.54) is 0 Å². The van der Waals surface area contributed by atoms with Crippen LogP contribution < -0.4 is 10.6 Å². The molecule has 1 aromatic carbocycles.